The summed E-state index contributed by atoms with van der Waals surface area (Å²) in [5, 5.41) is 12.7. The maximum Gasteiger partial charge on any atom is 0.221 e. The van der Waals surface area contributed by atoms with Gasteiger partial charge >= 0.3 is 0 Å². The third kappa shape index (κ3) is 8.09. The van der Waals surface area contributed by atoms with Crippen LogP contribution in [0.3, 0.4) is 0 Å². The number of benzene rings is 1. The Morgan fingerprint density at radius 1 is 1.37 bits per heavy atom. The molecule has 0 aromatic heterocycles. The molecule has 6 nitrogen and oxygen atoms in total. The van der Waals surface area contributed by atoms with E-state index >= 15 is 0 Å². The van der Waals surface area contributed by atoms with Crippen molar-refractivity contribution in [1.82, 2.24) is 10.2 Å². The number of nitrogens with one attached hydrogen (secondary N) is 1. The number of aliphatic hydroxyl groups excluding tert-OH is 1. The molecule has 0 bridgehead atoms. The Labute approximate surface area is 166 Å². The molecule has 1 aromatic carbocycles. The van der Waals surface area contributed by atoms with Crippen LogP contribution < -0.4 is 10.1 Å². The van der Waals surface area contributed by atoms with E-state index in [1.165, 1.54) is 4.90 Å². The zero-order valence-electron chi connectivity index (χ0n) is 16.5. The fourth-order valence-corrected chi connectivity index (χ4v) is 3.57. The first kappa shape index (κ1) is 22.0. The van der Waals surface area contributed by atoms with Gasteiger partial charge in [0.1, 0.15) is 5.75 Å². The smallest absolute Gasteiger partial charge is 0.221 e. The highest BCUT2D eigenvalue weighted by Crippen LogP contribution is 2.22. The largest absolute Gasteiger partial charge is 0.494 e. The Bertz CT molecular complexity index is 560. The molecule has 2 rings (SSSR count). The quantitative estimate of drug-likeness (QED) is 0.468. The summed E-state index contributed by atoms with van der Waals surface area (Å²) < 4.78 is 11.0. The summed E-state index contributed by atoms with van der Waals surface area (Å²) in [4.78, 5) is 15.4. The van der Waals surface area contributed by atoms with E-state index in [4.69, 9.17) is 9.47 Å². The van der Waals surface area contributed by atoms with Gasteiger partial charge in [0.25, 0.3) is 0 Å². The van der Waals surface area contributed by atoms with Gasteiger partial charge in [-0.2, -0.15) is 0 Å². The van der Waals surface area contributed by atoms with Crippen LogP contribution in [0.25, 0.3) is 0 Å². The van der Waals surface area contributed by atoms with E-state index in [-0.39, 0.29) is 18.1 Å². The van der Waals surface area contributed by atoms with Gasteiger partial charge in [0.2, 0.25) is 5.91 Å². The Morgan fingerprint density at radius 3 is 2.78 bits per heavy atom. The van der Waals surface area contributed by atoms with Gasteiger partial charge in [-0.3, -0.25) is 4.79 Å². The minimum Gasteiger partial charge on any atom is -0.494 e. The van der Waals surface area contributed by atoms with Gasteiger partial charge in [0.05, 0.1) is 12.7 Å². The molecule has 1 aromatic rings. The maximum atomic E-state index is 12.0. The third-order valence-corrected chi connectivity index (χ3v) is 5.50. The van der Waals surface area contributed by atoms with E-state index in [2.05, 4.69) is 10.2 Å². The summed E-state index contributed by atoms with van der Waals surface area (Å²) in [6.07, 6.45) is 4.09. The van der Waals surface area contributed by atoms with Gasteiger partial charge in [-0.1, -0.05) is 0 Å². The highest BCUT2D eigenvalue weighted by atomic mass is 32.2. The van der Waals surface area contributed by atoms with E-state index in [9.17, 15) is 9.90 Å². The molecule has 1 amide bonds. The summed E-state index contributed by atoms with van der Waals surface area (Å²) in [5.41, 5.74) is 0. The van der Waals surface area contributed by atoms with Crippen molar-refractivity contribution in [2.24, 2.45) is 0 Å². The zero-order valence-corrected chi connectivity index (χ0v) is 17.3. The van der Waals surface area contributed by atoms with E-state index in [1.807, 2.05) is 44.5 Å². The van der Waals surface area contributed by atoms with Crippen molar-refractivity contribution in [2.75, 3.05) is 33.0 Å². The first-order chi connectivity index (χ1) is 13.0. The second-order valence-electron chi connectivity index (χ2n) is 6.98. The molecule has 0 radical (unpaired) electrons. The molecule has 0 spiro atoms. The monoisotopic (exact) mass is 396 g/mol. The van der Waals surface area contributed by atoms with Crippen molar-refractivity contribution in [3.8, 4) is 5.75 Å². The molecule has 2 N–H and O–H groups in total. The third-order valence-electron chi connectivity index (χ3n) is 4.75. The lowest BCUT2D eigenvalue weighted by Gasteiger charge is -2.36. The Balaban J connectivity index is 1.55. The SMILES string of the molecule is CSc1ccc(OCCCNC(=O)CCN(C)C2CC(C)OC(O)C2)cc1. The van der Waals surface area contributed by atoms with Crippen LogP contribution >= 0.6 is 11.8 Å². The standard InChI is InChI=1S/C20H32N2O4S/c1-15-13-16(14-20(24)26-15)22(2)11-9-19(23)21-10-4-12-25-17-5-7-18(27-3)8-6-17/h5-8,15-16,20,24H,4,9-14H2,1-3H3,(H,21,23). The highest BCUT2D eigenvalue weighted by molar-refractivity contribution is 7.98. The van der Waals surface area contributed by atoms with Crippen molar-refractivity contribution < 1.29 is 19.4 Å². The van der Waals surface area contributed by atoms with E-state index in [1.54, 1.807) is 11.8 Å². The number of hydrogen-bond donors (Lipinski definition) is 2. The van der Waals surface area contributed by atoms with E-state index < -0.39 is 6.29 Å². The van der Waals surface area contributed by atoms with Gasteiger partial charge < -0.3 is 24.8 Å². The number of aliphatic hydroxyl groups is 1. The first-order valence-electron chi connectivity index (χ1n) is 9.55. The summed E-state index contributed by atoms with van der Waals surface area (Å²) in [6.45, 7) is 3.83. The molecule has 1 aliphatic rings. The second kappa shape index (κ2) is 11.5. The molecule has 1 saturated heterocycles. The predicted octanol–water partition coefficient (Wildman–Crippen LogP) is 2.50. The molecule has 3 unspecified atom stereocenters. The zero-order chi connectivity index (χ0) is 19.6. The first-order valence-corrected chi connectivity index (χ1v) is 10.8. The lowest BCUT2D eigenvalue weighted by atomic mass is 10.0. The van der Waals surface area contributed by atoms with Crippen LogP contribution in [0, 0.1) is 0 Å². The van der Waals surface area contributed by atoms with Gasteiger partial charge in [-0.25, -0.2) is 0 Å². The van der Waals surface area contributed by atoms with Crippen molar-refractivity contribution in [3.63, 3.8) is 0 Å². The number of rotatable bonds is 10. The lowest BCUT2D eigenvalue weighted by molar-refractivity contribution is -0.173. The van der Waals surface area contributed by atoms with Crippen molar-refractivity contribution in [2.45, 2.75) is 55.9 Å². The van der Waals surface area contributed by atoms with Crippen molar-refractivity contribution in [1.29, 1.82) is 0 Å². The summed E-state index contributed by atoms with van der Waals surface area (Å²) >= 11 is 1.70. The average Bonchev–Trinajstić information content (AvgIpc) is 2.65. The molecule has 1 fully saturated rings. The number of thioether (sulfide) groups is 1. The Hall–Kier alpha value is -1.28. The molecular weight excluding hydrogens is 364 g/mol. The molecule has 1 heterocycles. The number of hydrogen-bond acceptors (Lipinski definition) is 6. The number of amides is 1. The van der Waals surface area contributed by atoms with Crippen LogP contribution in [0.4, 0.5) is 0 Å². The van der Waals surface area contributed by atoms with Gasteiger partial charge in [-0.15, -0.1) is 11.8 Å². The van der Waals surface area contributed by atoms with Gasteiger partial charge in [0.15, 0.2) is 6.29 Å². The fraction of sp³-hybridized carbons (Fsp3) is 0.650. The van der Waals surface area contributed by atoms with Crippen LogP contribution in [0.15, 0.2) is 29.2 Å². The van der Waals surface area contributed by atoms with Crippen LogP contribution in [-0.4, -0.2) is 67.3 Å². The summed E-state index contributed by atoms with van der Waals surface area (Å²) in [6, 6.07) is 8.26. The van der Waals surface area contributed by atoms with Crippen molar-refractivity contribution >= 4 is 17.7 Å². The Kier molecular flexibility index (Phi) is 9.41. The normalized spacial score (nSPS) is 22.6. The van der Waals surface area contributed by atoms with E-state index in [0.717, 1.165) is 18.6 Å². The van der Waals surface area contributed by atoms with Gasteiger partial charge in [-0.05, 0) is 57.3 Å². The topological polar surface area (TPSA) is 71.0 Å². The molecule has 0 saturated carbocycles. The minimum atomic E-state index is -0.702. The molecule has 7 heteroatoms. The fourth-order valence-electron chi connectivity index (χ4n) is 3.16. The maximum absolute atomic E-state index is 12.0. The average molecular weight is 397 g/mol. The number of carbonyl (C=O) groups is 1. The molecular formula is C20H32N2O4S. The molecule has 0 aliphatic carbocycles. The van der Waals surface area contributed by atoms with E-state index in [0.29, 0.717) is 32.5 Å². The highest BCUT2D eigenvalue weighted by Gasteiger charge is 2.28. The van der Waals surface area contributed by atoms with Crippen LogP contribution in [0.1, 0.15) is 32.6 Å². The molecule has 1 aliphatic heterocycles. The summed E-state index contributed by atoms with van der Waals surface area (Å²) in [7, 11) is 2.00. The Morgan fingerprint density at radius 2 is 2.11 bits per heavy atom. The molecule has 27 heavy (non-hydrogen) atoms. The number of ether oxygens (including phenoxy) is 2. The van der Waals surface area contributed by atoms with Crippen LogP contribution in [0.5, 0.6) is 5.75 Å². The molecule has 152 valence electrons. The van der Waals surface area contributed by atoms with Crippen LogP contribution in [0.2, 0.25) is 0 Å². The van der Waals surface area contributed by atoms with Crippen molar-refractivity contribution in [3.05, 3.63) is 24.3 Å². The van der Waals surface area contributed by atoms with Gasteiger partial charge in [0, 0.05) is 36.9 Å². The lowest BCUT2D eigenvalue weighted by Crippen LogP contribution is -2.44. The molecule has 3 atom stereocenters. The second-order valence-corrected chi connectivity index (χ2v) is 7.86. The summed E-state index contributed by atoms with van der Waals surface area (Å²) in [5.74, 6) is 0.903. The van der Waals surface area contributed by atoms with Crippen LogP contribution in [-0.2, 0) is 9.53 Å². The predicted molar refractivity (Wildman–Crippen MR) is 108 cm³/mol. The minimum absolute atomic E-state index is 0.0480. The number of nitrogens with zero attached hydrogens (tertiary/aromatic N) is 1. The number of carbonyl (C=O) groups excluding carboxylic acids is 1.